The van der Waals surface area contributed by atoms with Crippen molar-refractivity contribution in [2.45, 2.75) is 33.2 Å². The molecule has 0 aromatic carbocycles. The van der Waals surface area contributed by atoms with Crippen molar-refractivity contribution in [1.29, 1.82) is 0 Å². The number of rotatable bonds is 4. The molecule has 0 bridgehead atoms. The van der Waals surface area contributed by atoms with Crippen molar-refractivity contribution in [1.82, 2.24) is 29.1 Å². The minimum absolute atomic E-state index is 0.136. The number of nitrogens with zero attached hydrogens (tertiary/aromatic N) is 5. The lowest BCUT2D eigenvalue weighted by Gasteiger charge is -2.02. The van der Waals surface area contributed by atoms with E-state index in [-0.39, 0.29) is 5.56 Å². The number of aryl methyl sites for hydroxylation is 2. The lowest BCUT2D eigenvalue weighted by atomic mass is 10.3. The molecule has 118 valence electrons. The first-order chi connectivity index (χ1) is 11.2. The second-order valence-corrected chi connectivity index (χ2v) is 5.31. The highest BCUT2D eigenvalue weighted by Gasteiger charge is 2.19. The summed E-state index contributed by atoms with van der Waals surface area (Å²) in [6.07, 6.45) is 3.29. The first kappa shape index (κ1) is 13.7. The molecule has 23 heavy (non-hydrogen) atoms. The molecular weight excluding hydrogens is 296 g/mol. The van der Waals surface area contributed by atoms with Crippen LogP contribution in [-0.2, 0) is 13.0 Å². The maximum atomic E-state index is 12.7. The molecule has 0 unspecified atom stereocenters. The van der Waals surface area contributed by atoms with E-state index in [9.17, 15) is 4.79 Å². The van der Waals surface area contributed by atoms with Gasteiger partial charge in [-0.25, -0.2) is 4.98 Å². The number of aromatic amines is 1. The zero-order chi connectivity index (χ0) is 16.0. The van der Waals surface area contributed by atoms with Crippen LogP contribution in [0.4, 0.5) is 0 Å². The van der Waals surface area contributed by atoms with Crippen LogP contribution in [0.25, 0.3) is 28.5 Å². The zero-order valence-electron chi connectivity index (χ0n) is 12.9. The fraction of sp³-hybridized carbons (Fsp3) is 0.333. The van der Waals surface area contributed by atoms with Crippen LogP contribution in [-0.4, -0.2) is 29.1 Å². The van der Waals surface area contributed by atoms with Gasteiger partial charge < -0.3 is 9.40 Å². The van der Waals surface area contributed by atoms with Crippen LogP contribution in [0.15, 0.2) is 27.6 Å². The minimum atomic E-state index is -0.136. The van der Waals surface area contributed by atoms with Crippen molar-refractivity contribution in [2.24, 2.45) is 0 Å². The lowest BCUT2D eigenvalue weighted by molar-refractivity contribution is 0.577. The molecule has 0 fully saturated rings. The minimum Gasteiger partial charge on any atom is -0.461 e. The highest BCUT2D eigenvalue weighted by atomic mass is 16.3. The van der Waals surface area contributed by atoms with E-state index >= 15 is 0 Å². The summed E-state index contributed by atoms with van der Waals surface area (Å²) in [6, 6.07) is 3.56. The summed E-state index contributed by atoms with van der Waals surface area (Å²) in [5.74, 6) is 2.24. The van der Waals surface area contributed by atoms with Crippen molar-refractivity contribution in [3.8, 4) is 11.6 Å². The Morgan fingerprint density at radius 1 is 1.30 bits per heavy atom. The molecule has 8 nitrogen and oxygen atoms in total. The SMILES string of the molecule is CCCc1nc2c([nH]1)c(=O)n(CC)c1nc(-c3ccco3)nn21. The van der Waals surface area contributed by atoms with Crippen LogP contribution >= 0.6 is 0 Å². The predicted molar refractivity (Wildman–Crippen MR) is 84.3 cm³/mol. The van der Waals surface area contributed by atoms with Gasteiger partial charge in [0.05, 0.1) is 6.26 Å². The molecule has 4 aromatic rings. The quantitative estimate of drug-likeness (QED) is 0.622. The van der Waals surface area contributed by atoms with Gasteiger partial charge in [0.15, 0.2) is 16.9 Å². The average Bonchev–Trinajstić information content (AvgIpc) is 3.26. The van der Waals surface area contributed by atoms with Crippen molar-refractivity contribution in [2.75, 3.05) is 0 Å². The molecule has 1 N–H and O–H groups in total. The normalized spacial score (nSPS) is 11.7. The Hall–Kier alpha value is -2.90. The van der Waals surface area contributed by atoms with Crippen LogP contribution in [0.2, 0.25) is 0 Å². The Labute approximate surface area is 130 Å². The van der Waals surface area contributed by atoms with E-state index in [4.69, 9.17) is 4.42 Å². The van der Waals surface area contributed by atoms with Gasteiger partial charge in [0.1, 0.15) is 5.82 Å². The molecule has 0 saturated heterocycles. The van der Waals surface area contributed by atoms with Crippen molar-refractivity contribution in [3.05, 3.63) is 34.6 Å². The Bertz CT molecular complexity index is 1040. The molecule has 0 saturated carbocycles. The van der Waals surface area contributed by atoms with Gasteiger partial charge in [-0.2, -0.15) is 9.50 Å². The third kappa shape index (κ3) is 1.98. The molecule has 0 atom stereocenters. The summed E-state index contributed by atoms with van der Waals surface area (Å²) < 4.78 is 8.54. The summed E-state index contributed by atoms with van der Waals surface area (Å²) in [5, 5.41) is 4.48. The number of hydrogen-bond donors (Lipinski definition) is 1. The summed E-state index contributed by atoms with van der Waals surface area (Å²) >= 11 is 0. The van der Waals surface area contributed by atoms with Crippen LogP contribution in [0.3, 0.4) is 0 Å². The zero-order valence-corrected chi connectivity index (χ0v) is 12.9. The number of hydrogen-bond acceptors (Lipinski definition) is 5. The maximum Gasteiger partial charge on any atom is 0.281 e. The standard InChI is InChI=1S/C15H16N6O2/c1-3-6-10-16-11-13(17-10)21-15(20(4-2)14(11)22)18-12(19-21)9-7-5-8-23-9/h5,7-8H,3-4,6H2,1-2H3,(H,16,17). The van der Waals surface area contributed by atoms with Gasteiger partial charge in [-0.3, -0.25) is 9.36 Å². The van der Waals surface area contributed by atoms with Crippen molar-refractivity contribution >= 4 is 16.9 Å². The molecule has 8 heteroatoms. The van der Waals surface area contributed by atoms with Crippen molar-refractivity contribution in [3.63, 3.8) is 0 Å². The van der Waals surface area contributed by atoms with E-state index in [1.54, 1.807) is 27.5 Å². The highest BCUT2D eigenvalue weighted by Crippen LogP contribution is 2.18. The van der Waals surface area contributed by atoms with Gasteiger partial charge >= 0.3 is 0 Å². The molecule has 0 aliphatic heterocycles. The van der Waals surface area contributed by atoms with E-state index in [0.29, 0.717) is 35.1 Å². The fourth-order valence-corrected chi connectivity index (χ4v) is 2.71. The number of nitrogens with one attached hydrogen (secondary N) is 1. The lowest BCUT2D eigenvalue weighted by Crippen LogP contribution is -2.22. The highest BCUT2D eigenvalue weighted by molar-refractivity contribution is 5.73. The molecule has 0 aliphatic carbocycles. The second-order valence-electron chi connectivity index (χ2n) is 5.31. The monoisotopic (exact) mass is 312 g/mol. The summed E-state index contributed by atoms with van der Waals surface area (Å²) in [7, 11) is 0. The van der Waals surface area contributed by atoms with E-state index in [1.165, 1.54) is 0 Å². The molecular formula is C15H16N6O2. The van der Waals surface area contributed by atoms with Gasteiger partial charge in [0, 0.05) is 13.0 Å². The smallest absolute Gasteiger partial charge is 0.281 e. The molecule has 0 spiro atoms. The number of fused-ring (bicyclic) bond motifs is 3. The molecule has 0 radical (unpaired) electrons. The molecule has 0 aliphatic rings. The Morgan fingerprint density at radius 2 is 2.17 bits per heavy atom. The number of aromatic nitrogens is 6. The van der Waals surface area contributed by atoms with E-state index < -0.39 is 0 Å². The Morgan fingerprint density at radius 3 is 2.87 bits per heavy atom. The topological polar surface area (TPSA) is 94.0 Å². The third-order valence-corrected chi connectivity index (χ3v) is 3.77. The van der Waals surface area contributed by atoms with Gasteiger partial charge in [0.2, 0.25) is 11.6 Å². The van der Waals surface area contributed by atoms with Gasteiger partial charge in [-0.1, -0.05) is 6.92 Å². The maximum absolute atomic E-state index is 12.7. The first-order valence-electron chi connectivity index (χ1n) is 7.65. The average molecular weight is 312 g/mol. The summed E-state index contributed by atoms with van der Waals surface area (Å²) in [5.41, 5.74) is 0.824. The van der Waals surface area contributed by atoms with E-state index in [1.807, 2.05) is 6.92 Å². The van der Waals surface area contributed by atoms with E-state index in [2.05, 4.69) is 27.0 Å². The number of H-pyrrole nitrogens is 1. The number of furan rings is 1. The predicted octanol–water partition coefficient (Wildman–Crippen LogP) is 2.00. The summed E-state index contributed by atoms with van der Waals surface area (Å²) in [6.45, 7) is 4.46. The Balaban J connectivity index is 2.08. The van der Waals surface area contributed by atoms with Gasteiger partial charge in [0.25, 0.3) is 5.56 Å². The summed E-state index contributed by atoms with van der Waals surface area (Å²) in [4.78, 5) is 24.8. The largest absolute Gasteiger partial charge is 0.461 e. The molecule has 0 amide bonds. The number of imidazole rings is 1. The van der Waals surface area contributed by atoms with Gasteiger partial charge in [-0.05, 0) is 25.5 Å². The van der Waals surface area contributed by atoms with Crippen LogP contribution in [0.1, 0.15) is 26.1 Å². The molecule has 4 rings (SSSR count). The fourth-order valence-electron chi connectivity index (χ4n) is 2.71. The third-order valence-electron chi connectivity index (χ3n) is 3.77. The van der Waals surface area contributed by atoms with Crippen molar-refractivity contribution < 1.29 is 4.42 Å². The van der Waals surface area contributed by atoms with Crippen LogP contribution in [0.5, 0.6) is 0 Å². The Kier molecular flexibility index (Phi) is 3.03. The first-order valence-corrected chi connectivity index (χ1v) is 7.65. The van der Waals surface area contributed by atoms with Gasteiger partial charge in [-0.15, -0.1) is 5.10 Å². The van der Waals surface area contributed by atoms with E-state index in [0.717, 1.165) is 18.7 Å². The van der Waals surface area contributed by atoms with Crippen LogP contribution in [0, 0.1) is 0 Å². The molecule has 4 heterocycles. The van der Waals surface area contributed by atoms with Crippen LogP contribution < -0.4 is 5.56 Å². The second kappa shape index (κ2) is 5.08. The molecule has 4 aromatic heterocycles.